The van der Waals surface area contributed by atoms with Crippen LogP contribution < -0.4 is 0 Å². The Morgan fingerprint density at radius 2 is 1.82 bits per heavy atom. The summed E-state index contributed by atoms with van der Waals surface area (Å²) < 4.78 is 5.37. The van der Waals surface area contributed by atoms with E-state index >= 15 is 0 Å². The summed E-state index contributed by atoms with van der Waals surface area (Å²) in [6.07, 6.45) is 2.67. The average molecular weight is 242 g/mol. The maximum atomic E-state index is 10.4. The summed E-state index contributed by atoms with van der Waals surface area (Å²) in [5, 5.41) is 8.56. The molecule has 0 aliphatic carbocycles. The number of carboxylic acids is 1. The smallest absolute Gasteiger partial charge is 0.329 e. The number of rotatable bonds is 6. The highest BCUT2D eigenvalue weighted by Crippen LogP contribution is 2.24. The van der Waals surface area contributed by atoms with E-state index in [1.165, 1.54) is 25.9 Å². The zero-order valence-electron chi connectivity index (χ0n) is 10.5. The fourth-order valence-electron chi connectivity index (χ4n) is 2.67. The Bertz CT molecular complexity index is 271. The van der Waals surface area contributed by atoms with Gasteiger partial charge in [-0.25, -0.2) is 4.79 Å². The second-order valence-corrected chi connectivity index (χ2v) is 5.39. The fourth-order valence-corrected chi connectivity index (χ4v) is 2.67. The summed E-state index contributed by atoms with van der Waals surface area (Å²) in [5.74, 6) is -0.887. The van der Waals surface area contributed by atoms with Gasteiger partial charge in [0.2, 0.25) is 0 Å². The van der Waals surface area contributed by atoms with Crippen molar-refractivity contribution in [3.05, 3.63) is 0 Å². The third-order valence-corrected chi connectivity index (χ3v) is 3.59. The van der Waals surface area contributed by atoms with Gasteiger partial charge in [0, 0.05) is 26.2 Å². The lowest BCUT2D eigenvalue weighted by molar-refractivity contribution is -0.164. The highest BCUT2D eigenvalue weighted by atomic mass is 16.5. The second-order valence-electron chi connectivity index (χ2n) is 5.39. The second kappa shape index (κ2) is 5.33. The first-order valence-corrected chi connectivity index (χ1v) is 6.38. The van der Waals surface area contributed by atoms with E-state index in [0.29, 0.717) is 0 Å². The molecule has 0 spiro atoms. The molecule has 17 heavy (non-hydrogen) atoms. The molecule has 0 bridgehead atoms. The van der Waals surface area contributed by atoms with Crippen LogP contribution in [0.1, 0.15) is 19.8 Å². The van der Waals surface area contributed by atoms with E-state index in [-0.39, 0.29) is 12.2 Å². The molecule has 2 aliphatic heterocycles. The molecule has 2 rings (SSSR count). The Balaban J connectivity index is 1.59. The quantitative estimate of drug-likeness (QED) is 0.724. The molecule has 0 aromatic carbocycles. The summed E-state index contributed by atoms with van der Waals surface area (Å²) >= 11 is 0. The third kappa shape index (κ3) is 3.66. The minimum Gasteiger partial charge on any atom is -0.480 e. The van der Waals surface area contributed by atoms with E-state index in [4.69, 9.17) is 9.84 Å². The molecular weight excluding hydrogens is 220 g/mol. The number of ether oxygens (including phenoxy) is 1. The lowest BCUT2D eigenvalue weighted by atomic mass is 9.96. The van der Waals surface area contributed by atoms with Gasteiger partial charge in [-0.2, -0.15) is 0 Å². The van der Waals surface area contributed by atoms with Gasteiger partial charge in [0.05, 0.1) is 5.60 Å². The molecule has 0 amide bonds. The van der Waals surface area contributed by atoms with Gasteiger partial charge < -0.3 is 14.7 Å². The number of aliphatic carboxylic acids is 1. The van der Waals surface area contributed by atoms with Crippen LogP contribution in [0.3, 0.4) is 0 Å². The number of nitrogens with zero attached hydrogens (tertiary/aromatic N) is 2. The predicted octanol–water partition coefficient (Wildman–Crippen LogP) is 0.258. The molecule has 0 atom stereocenters. The minimum absolute atomic E-state index is 0.184. The van der Waals surface area contributed by atoms with Crippen molar-refractivity contribution in [3.8, 4) is 0 Å². The Kier molecular flexibility index (Phi) is 4.01. The van der Waals surface area contributed by atoms with Gasteiger partial charge in [0.1, 0.15) is 6.61 Å². The first-order valence-electron chi connectivity index (χ1n) is 6.38. The van der Waals surface area contributed by atoms with Crippen LogP contribution in [0.4, 0.5) is 0 Å². The zero-order chi connectivity index (χ0) is 12.3. The van der Waals surface area contributed by atoms with Crippen molar-refractivity contribution in [1.29, 1.82) is 0 Å². The minimum atomic E-state index is -0.887. The fraction of sp³-hybridized carbons (Fsp3) is 0.917. The lowest BCUT2D eigenvalue weighted by Gasteiger charge is -2.47. The summed E-state index contributed by atoms with van der Waals surface area (Å²) in [6.45, 7) is 8.20. The van der Waals surface area contributed by atoms with Gasteiger partial charge >= 0.3 is 5.97 Å². The standard InChI is InChI=1S/C12H22N2O3/c1-12(17-8-11(15)16)9-14(10-12)7-6-13-4-2-3-5-13/h2-10H2,1H3,(H,15,16). The van der Waals surface area contributed by atoms with Crippen LogP contribution in [0.25, 0.3) is 0 Å². The molecule has 98 valence electrons. The Morgan fingerprint density at radius 1 is 1.24 bits per heavy atom. The SMILES string of the molecule is CC1(OCC(=O)O)CN(CCN2CCCC2)C1. The summed E-state index contributed by atoms with van der Waals surface area (Å²) in [5.41, 5.74) is -0.247. The van der Waals surface area contributed by atoms with Gasteiger partial charge in [-0.1, -0.05) is 0 Å². The van der Waals surface area contributed by atoms with E-state index in [2.05, 4.69) is 9.80 Å². The van der Waals surface area contributed by atoms with Crippen molar-refractivity contribution in [2.24, 2.45) is 0 Å². The van der Waals surface area contributed by atoms with Crippen molar-refractivity contribution in [1.82, 2.24) is 9.80 Å². The first kappa shape index (κ1) is 12.8. The molecule has 5 heteroatoms. The number of hydrogen-bond acceptors (Lipinski definition) is 4. The Hall–Kier alpha value is -0.650. The highest BCUT2D eigenvalue weighted by Gasteiger charge is 2.39. The van der Waals surface area contributed by atoms with E-state index in [1.807, 2.05) is 6.92 Å². The van der Waals surface area contributed by atoms with Crippen LogP contribution in [0, 0.1) is 0 Å². The van der Waals surface area contributed by atoms with Crippen LogP contribution in [-0.2, 0) is 9.53 Å². The molecule has 2 fully saturated rings. The van der Waals surface area contributed by atoms with Crippen LogP contribution in [0.5, 0.6) is 0 Å². The Morgan fingerprint density at radius 3 is 2.41 bits per heavy atom. The third-order valence-electron chi connectivity index (χ3n) is 3.59. The number of carboxylic acid groups (broad SMARTS) is 1. The zero-order valence-corrected chi connectivity index (χ0v) is 10.5. The van der Waals surface area contributed by atoms with Gasteiger partial charge in [-0.05, 0) is 32.9 Å². The summed E-state index contributed by atoms with van der Waals surface area (Å²) in [6, 6.07) is 0. The van der Waals surface area contributed by atoms with Crippen LogP contribution >= 0.6 is 0 Å². The molecule has 0 saturated carbocycles. The summed E-state index contributed by atoms with van der Waals surface area (Å²) in [7, 11) is 0. The molecular formula is C12H22N2O3. The monoisotopic (exact) mass is 242 g/mol. The van der Waals surface area contributed by atoms with E-state index in [1.54, 1.807) is 0 Å². The molecule has 1 N–H and O–H groups in total. The first-order chi connectivity index (χ1) is 8.07. The maximum absolute atomic E-state index is 10.4. The molecule has 0 aromatic rings. The van der Waals surface area contributed by atoms with E-state index in [9.17, 15) is 4.79 Å². The lowest BCUT2D eigenvalue weighted by Crippen LogP contribution is -2.62. The predicted molar refractivity (Wildman–Crippen MR) is 64.1 cm³/mol. The highest BCUT2D eigenvalue weighted by molar-refractivity contribution is 5.68. The summed E-state index contributed by atoms with van der Waals surface area (Å²) in [4.78, 5) is 15.2. The van der Waals surface area contributed by atoms with Crippen molar-refractivity contribution < 1.29 is 14.6 Å². The molecule has 0 radical (unpaired) electrons. The largest absolute Gasteiger partial charge is 0.480 e. The van der Waals surface area contributed by atoms with Crippen molar-refractivity contribution in [3.63, 3.8) is 0 Å². The molecule has 0 aromatic heterocycles. The van der Waals surface area contributed by atoms with Gasteiger partial charge in [-0.15, -0.1) is 0 Å². The van der Waals surface area contributed by atoms with Crippen molar-refractivity contribution in [2.45, 2.75) is 25.4 Å². The van der Waals surface area contributed by atoms with E-state index in [0.717, 1.165) is 26.2 Å². The number of hydrogen-bond donors (Lipinski definition) is 1. The Labute approximate surface area is 102 Å². The van der Waals surface area contributed by atoms with E-state index < -0.39 is 5.97 Å². The number of likely N-dealkylation sites (tertiary alicyclic amines) is 2. The van der Waals surface area contributed by atoms with Crippen LogP contribution in [-0.4, -0.2) is 72.4 Å². The van der Waals surface area contributed by atoms with Gasteiger partial charge in [0.15, 0.2) is 0 Å². The van der Waals surface area contributed by atoms with Crippen LogP contribution in [0.2, 0.25) is 0 Å². The van der Waals surface area contributed by atoms with Crippen LogP contribution in [0.15, 0.2) is 0 Å². The van der Waals surface area contributed by atoms with Gasteiger partial charge in [0.25, 0.3) is 0 Å². The normalized spacial score (nSPS) is 24.8. The molecule has 5 nitrogen and oxygen atoms in total. The molecule has 2 aliphatic rings. The maximum Gasteiger partial charge on any atom is 0.329 e. The number of carbonyl (C=O) groups is 1. The van der Waals surface area contributed by atoms with Crippen molar-refractivity contribution >= 4 is 5.97 Å². The molecule has 0 unspecified atom stereocenters. The molecule has 2 heterocycles. The topological polar surface area (TPSA) is 53.0 Å². The van der Waals surface area contributed by atoms with Gasteiger partial charge in [-0.3, -0.25) is 4.90 Å². The van der Waals surface area contributed by atoms with Crippen molar-refractivity contribution in [2.75, 3.05) is 45.9 Å². The average Bonchev–Trinajstić information content (AvgIpc) is 2.73. The molecule has 2 saturated heterocycles.